The van der Waals surface area contributed by atoms with Crippen molar-refractivity contribution in [3.63, 3.8) is 0 Å². The van der Waals surface area contributed by atoms with Gasteiger partial charge in [-0.1, -0.05) is 19.8 Å². The van der Waals surface area contributed by atoms with Crippen LogP contribution >= 0.6 is 0 Å². The summed E-state index contributed by atoms with van der Waals surface area (Å²) in [5, 5.41) is 9.32. The van der Waals surface area contributed by atoms with E-state index in [1.165, 1.54) is 0 Å². The fourth-order valence-electron chi connectivity index (χ4n) is 2.43. The molecule has 1 aliphatic rings. The van der Waals surface area contributed by atoms with Gasteiger partial charge in [0, 0.05) is 0 Å². The van der Waals surface area contributed by atoms with Crippen molar-refractivity contribution in [2.45, 2.75) is 38.1 Å². The predicted octanol–water partition coefficient (Wildman–Crippen LogP) is 0.112. The summed E-state index contributed by atoms with van der Waals surface area (Å²) in [5.41, 5.74) is -1.51. The fraction of sp³-hybridized carbons (Fsp3) is 0.818. The van der Waals surface area contributed by atoms with Crippen LogP contribution in [0, 0.1) is 5.92 Å². The number of ether oxygens (including phenoxy) is 1. The minimum atomic E-state index is -4.02. The van der Waals surface area contributed by atoms with Gasteiger partial charge in [0.15, 0.2) is 5.75 Å². The number of carboxylic acid groups (broad SMARTS) is 1. The van der Waals surface area contributed by atoms with Gasteiger partial charge >= 0.3 is 11.9 Å². The molecule has 2 N–H and O–H groups in total. The molecule has 2 atom stereocenters. The molecule has 2 unspecified atom stereocenters. The summed E-state index contributed by atoms with van der Waals surface area (Å²) >= 11 is 0. The van der Waals surface area contributed by atoms with Crippen LogP contribution in [0.3, 0.4) is 0 Å². The Kier molecular flexibility index (Phi) is 4.92. The molecule has 0 aromatic heterocycles. The SMILES string of the molecule is COC(=O)CS(=O)(=O)NC1(C(=O)O)CCCC(C)C1. The Morgan fingerprint density at radius 2 is 2.11 bits per heavy atom. The Hall–Kier alpha value is -1.15. The molecule has 0 aliphatic heterocycles. The normalized spacial score (nSPS) is 27.8. The Bertz CT molecular complexity index is 460. The van der Waals surface area contributed by atoms with E-state index in [1.54, 1.807) is 0 Å². The molecule has 0 radical (unpaired) electrons. The molecule has 1 fully saturated rings. The van der Waals surface area contributed by atoms with Crippen LogP contribution in [0.15, 0.2) is 0 Å². The number of aliphatic carboxylic acids is 1. The van der Waals surface area contributed by atoms with Crippen molar-refractivity contribution in [1.82, 2.24) is 4.72 Å². The van der Waals surface area contributed by atoms with Gasteiger partial charge in [-0.15, -0.1) is 0 Å². The zero-order chi connectivity index (χ0) is 14.7. The minimum Gasteiger partial charge on any atom is -0.480 e. The molecule has 0 saturated heterocycles. The Morgan fingerprint density at radius 3 is 2.58 bits per heavy atom. The van der Waals surface area contributed by atoms with Gasteiger partial charge < -0.3 is 9.84 Å². The van der Waals surface area contributed by atoms with Gasteiger partial charge in [-0.25, -0.2) is 8.42 Å². The first-order chi connectivity index (χ1) is 8.71. The van der Waals surface area contributed by atoms with E-state index in [1.807, 2.05) is 6.92 Å². The molecule has 7 nitrogen and oxygen atoms in total. The molecule has 0 aromatic carbocycles. The lowest BCUT2D eigenvalue weighted by Crippen LogP contribution is -2.57. The summed E-state index contributed by atoms with van der Waals surface area (Å²) in [5.74, 6) is -2.87. The van der Waals surface area contributed by atoms with E-state index in [4.69, 9.17) is 0 Å². The fourth-order valence-corrected chi connectivity index (χ4v) is 3.80. The lowest BCUT2D eigenvalue weighted by Gasteiger charge is -2.36. The summed E-state index contributed by atoms with van der Waals surface area (Å²) in [6.07, 6.45) is 1.96. The third kappa shape index (κ3) is 4.17. The summed E-state index contributed by atoms with van der Waals surface area (Å²) in [6, 6.07) is 0. The van der Waals surface area contributed by atoms with E-state index in [9.17, 15) is 23.1 Å². The van der Waals surface area contributed by atoms with Crippen LogP contribution in [0.5, 0.6) is 0 Å². The van der Waals surface area contributed by atoms with Gasteiger partial charge in [0.1, 0.15) is 5.54 Å². The highest BCUT2D eigenvalue weighted by Gasteiger charge is 2.45. The topological polar surface area (TPSA) is 110 Å². The van der Waals surface area contributed by atoms with Gasteiger partial charge in [0.25, 0.3) is 0 Å². The molecular formula is C11H19NO6S. The highest BCUT2D eigenvalue weighted by atomic mass is 32.2. The molecule has 110 valence electrons. The second kappa shape index (κ2) is 5.87. The molecule has 1 aliphatic carbocycles. The first-order valence-electron chi connectivity index (χ1n) is 6.02. The molecule has 8 heteroatoms. The van der Waals surface area contributed by atoms with E-state index in [0.29, 0.717) is 6.42 Å². The van der Waals surface area contributed by atoms with Crippen LogP contribution in [0.25, 0.3) is 0 Å². The second-order valence-corrected chi connectivity index (χ2v) is 6.75. The van der Waals surface area contributed by atoms with Crippen molar-refractivity contribution in [3.05, 3.63) is 0 Å². The van der Waals surface area contributed by atoms with Gasteiger partial charge in [-0.2, -0.15) is 4.72 Å². The number of carbonyl (C=O) groups excluding carboxylic acids is 1. The van der Waals surface area contributed by atoms with Crippen molar-refractivity contribution >= 4 is 22.0 Å². The lowest BCUT2D eigenvalue weighted by atomic mass is 9.77. The van der Waals surface area contributed by atoms with Crippen LogP contribution in [0.2, 0.25) is 0 Å². The second-order valence-electron chi connectivity index (χ2n) is 5.03. The summed E-state index contributed by atoms with van der Waals surface area (Å²) in [4.78, 5) is 22.4. The van der Waals surface area contributed by atoms with Crippen molar-refractivity contribution in [2.75, 3.05) is 12.9 Å². The van der Waals surface area contributed by atoms with E-state index >= 15 is 0 Å². The highest BCUT2D eigenvalue weighted by molar-refractivity contribution is 7.90. The average Bonchev–Trinajstić information content (AvgIpc) is 2.27. The summed E-state index contributed by atoms with van der Waals surface area (Å²) in [7, 11) is -2.95. The van der Waals surface area contributed by atoms with Crippen molar-refractivity contribution in [3.8, 4) is 0 Å². The zero-order valence-electron chi connectivity index (χ0n) is 11.0. The third-order valence-corrected chi connectivity index (χ3v) is 4.61. The molecule has 0 aromatic rings. The van der Waals surface area contributed by atoms with Crippen LogP contribution in [-0.4, -0.2) is 43.9 Å². The van der Waals surface area contributed by atoms with Gasteiger partial charge in [0.05, 0.1) is 7.11 Å². The van der Waals surface area contributed by atoms with Crippen molar-refractivity contribution in [2.24, 2.45) is 5.92 Å². The van der Waals surface area contributed by atoms with Crippen LogP contribution in [0.1, 0.15) is 32.6 Å². The first-order valence-corrected chi connectivity index (χ1v) is 7.68. The number of esters is 1. The van der Waals surface area contributed by atoms with Crippen LogP contribution in [-0.2, 0) is 24.3 Å². The molecule has 0 heterocycles. The van der Waals surface area contributed by atoms with E-state index < -0.39 is 33.3 Å². The van der Waals surface area contributed by atoms with Crippen LogP contribution in [0.4, 0.5) is 0 Å². The predicted molar refractivity (Wildman–Crippen MR) is 66.9 cm³/mol. The quantitative estimate of drug-likeness (QED) is 0.696. The summed E-state index contributed by atoms with van der Waals surface area (Å²) in [6.45, 7) is 1.88. The van der Waals surface area contributed by atoms with Crippen molar-refractivity contribution < 1.29 is 27.9 Å². The maximum Gasteiger partial charge on any atom is 0.324 e. The standard InChI is InChI=1S/C11H19NO6S/c1-8-4-3-5-11(6-8,10(14)15)12-19(16,17)7-9(13)18-2/h8,12H,3-7H2,1-2H3,(H,14,15). The maximum atomic E-state index is 11.8. The molecule has 1 rings (SSSR count). The van der Waals surface area contributed by atoms with Crippen LogP contribution < -0.4 is 4.72 Å². The first kappa shape index (κ1) is 15.9. The molecule has 0 bridgehead atoms. The highest BCUT2D eigenvalue weighted by Crippen LogP contribution is 2.33. The number of nitrogens with one attached hydrogen (secondary N) is 1. The largest absolute Gasteiger partial charge is 0.480 e. The van der Waals surface area contributed by atoms with Crippen molar-refractivity contribution in [1.29, 1.82) is 0 Å². The Balaban J connectivity index is 2.90. The number of carboxylic acids is 1. The Labute approximate surface area is 112 Å². The number of hydrogen-bond acceptors (Lipinski definition) is 5. The number of hydrogen-bond donors (Lipinski definition) is 2. The van der Waals surface area contributed by atoms with E-state index in [0.717, 1.165) is 13.5 Å². The number of sulfonamides is 1. The lowest BCUT2D eigenvalue weighted by molar-refractivity contribution is -0.146. The summed E-state index contributed by atoms with van der Waals surface area (Å²) < 4.78 is 30.1. The average molecular weight is 293 g/mol. The number of carbonyl (C=O) groups is 2. The van der Waals surface area contributed by atoms with Gasteiger partial charge in [0.2, 0.25) is 10.0 Å². The molecule has 1 saturated carbocycles. The molecule has 0 amide bonds. The smallest absolute Gasteiger partial charge is 0.324 e. The zero-order valence-corrected chi connectivity index (χ0v) is 11.8. The van der Waals surface area contributed by atoms with Gasteiger partial charge in [-0.05, 0) is 18.8 Å². The van der Waals surface area contributed by atoms with E-state index in [-0.39, 0.29) is 18.8 Å². The molecule has 19 heavy (non-hydrogen) atoms. The number of rotatable bonds is 5. The Morgan fingerprint density at radius 1 is 1.47 bits per heavy atom. The molecular weight excluding hydrogens is 274 g/mol. The third-order valence-electron chi connectivity index (χ3n) is 3.29. The van der Waals surface area contributed by atoms with Gasteiger partial charge in [-0.3, -0.25) is 9.59 Å². The minimum absolute atomic E-state index is 0.116. The van der Waals surface area contributed by atoms with E-state index in [2.05, 4.69) is 9.46 Å². The monoisotopic (exact) mass is 293 g/mol. The number of methoxy groups -OCH3 is 1. The maximum absolute atomic E-state index is 11.8. The molecule has 0 spiro atoms.